The van der Waals surface area contributed by atoms with Gasteiger partial charge in [0.25, 0.3) is 0 Å². The summed E-state index contributed by atoms with van der Waals surface area (Å²) in [5.41, 5.74) is 3.33. The van der Waals surface area contributed by atoms with E-state index < -0.39 is 11.6 Å². The fraction of sp³-hybridized carbons (Fsp3) is 0.133. The molecule has 0 saturated carbocycles. The number of hydrogen-bond acceptors (Lipinski definition) is 1. The molecule has 18 heavy (non-hydrogen) atoms. The Morgan fingerprint density at radius 2 is 1.83 bits per heavy atom. The summed E-state index contributed by atoms with van der Waals surface area (Å²) in [6.07, 6.45) is 0.346. The van der Waals surface area contributed by atoms with Crippen molar-refractivity contribution in [2.24, 2.45) is 0 Å². The predicted molar refractivity (Wildman–Crippen MR) is 65.8 cm³/mol. The Balaban J connectivity index is 2.45. The zero-order valence-corrected chi connectivity index (χ0v) is 9.87. The minimum Gasteiger partial charge on any atom is -0.204 e. The van der Waals surface area contributed by atoms with Gasteiger partial charge in [-0.05, 0) is 41.3 Å². The van der Waals surface area contributed by atoms with Gasteiger partial charge in [0.2, 0.25) is 0 Å². The van der Waals surface area contributed by atoms with Crippen LogP contribution in [0.25, 0.3) is 11.1 Å². The molecule has 0 heterocycles. The molecule has 1 nitrogen and oxygen atoms in total. The second kappa shape index (κ2) is 4.97. The van der Waals surface area contributed by atoms with Crippen molar-refractivity contribution in [3.63, 3.8) is 0 Å². The lowest BCUT2D eigenvalue weighted by molar-refractivity contribution is 0.509. The molecule has 0 radical (unpaired) electrons. The molecule has 0 fully saturated rings. The van der Waals surface area contributed by atoms with Gasteiger partial charge in [-0.2, -0.15) is 5.26 Å². The lowest BCUT2D eigenvalue weighted by atomic mass is 9.97. The molecule has 0 aromatic heterocycles. The SMILES string of the molecule is Cc1cc(CC#N)ccc1-c1ccc(F)c(F)c1. The Morgan fingerprint density at radius 1 is 1.06 bits per heavy atom. The highest BCUT2D eigenvalue weighted by Gasteiger charge is 2.07. The van der Waals surface area contributed by atoms with Crippen LogP contribution in [0, 0.1) is 29.9 Å². The third-order valence-corrected chi connectivity index (χ3v) is 2.80. The van der Waals surface area contributed by atoms with Gasteiger partial charge in [-0.3, -0.25) is 0 Å². The first-order chi connectivity index (χ1) is 8.61. The van der Waals surface area contributed by atoms with Crippen LogP contribution in [0.3, 0.4) is 0 Å². The molecular formula is C15H11F2N. The molecule has 0 N–H and O–H groups in total. The lowest BCUT2D eigenvalue weighted by Crippen LogP contribution is -1.90. The van der Waals surface area contributed by atoms with Crippen LogP contribution in [-0.4, -0.2) is 0 Å². The molecule has 3 heteroatoms. The van der Waals surface area contributed by atoms with Crippen LogP contribution in [0.5, 0.6) is 0 Å². The quantitative estimate of drug-likeness (QED) is 0.781. The first kappa shape index (κ1) is 12.3. The molecule has 2 aromatic carbocycles. The van der Waals surface area contributed by atoms with Crippen LogP contribution >= 0.6 is 0 Å². The minimum atomic E-state index is -0.854. The number of hydrogen-bond donors (Lipinski definition) is 0. The van der Waals surface area contributed by atoms with E-state index in [1.54, 1.807) is 6.07 Å². The summed E-state index contributed by atoms with van der Waals surface area (Å²) in [5, 5.41) is 8.62. The Morgan fingerprint density at radius 3 is 2.44 bits per heavy atom. The van der Waals surface area contributed by atoms with Crippen LogP contribution in [0.15, 0.2) is 36.4 Å². The Labute approximate surface area is 104 Å². The van der Waals surface area contributed by atoms with Crippen LogP contribution < -0.4 is 0 Å². The summed E-state index contributed by atoms with van der Waals surface area (Å²) in [6, 6.07) is 11.5. The summed E-state index contributed by atoms with van der Waals surface area (Å²) in [7, 11) is 0. The summed E-state index contributed by atoms with van der Waals surface area (Å²) in [4.78, 5) is 0. The van der Waals surface area contributed by atoms with Gasteiger partial charge in [-0.15, -0.1) is 0 Å². The third-order valence-electron chi connectivity index (χ3n) is 2.80. The number of nitriles is 1. The Kier molecular flexibility index (Phi) is 3.38. The average Bonchev–Trinajstić information content (AvgIpc) is 2.34. The van der Waals surface area contributed by atoms with Crippen molar-refractivity contribution >= 4 is 0 Å². The second-order valence-electron chi connectivity index (χ2n) is 4.11. The van der Waals surface area contributed by atoms with E-state index in [2.05, 4.69) is 6.07 Å². The smallest absolute Gasteiger partial charge is 0.159 e. The fourth-order valence-electron chi connectivity index (χ4n) is 1.91. The van der Waals surface area contributed by atoms with Gasteiger partial charge >= 0.3 is 0 Å². The normalized spacial score (nSPS) is 10.1. The van der Waals surface area contributed by atoms with E-state index in [1.165, 1.54) is 6.07 Å². The topological polar surface area (TPSA) is 23.8 Å². The standard InChI is InChI=1S/C15H11F2N/c1-10-8-11(6-7-18)2-4-13(10)12-3-5-14(16)15(17)9-12/h2-5,8-9H,6H2,1H3. The van der Waals surface area contributed by atoms with E-state index in [0.29, 0.717) is 12.0 Å². The maximum absolute atomic E-state index is 13.2. The molecule has 0 aliphatic heterocycles. The van der Waals surface area contributed by atoms with Gasteiger partial charge in [-0.25, -0.2) is 8.78 Å². The Bertz CT molecular complexity index is 627. The molecule has 0 saturated heterocycles. The largest absolute Gasteiger partial charge is 0.204 e. The molecular weight excluding hydrogens is 232 g/mol. The molecule has 2 rings (SSSR count). The fourth-order valence-corrected chi connectivity index (χ4v) is 1.91. The molecule has 0 aliphatic carbocycles. The van der Waals surface area contributed by atoms with Crippen molar-refractivity contribution in [3.05, 3.63) is 59.2 Å². The molecule has 0 unspecified atom stereocenters. The molecule has 2 aromatic rings. The maximum Gasteiger partial charge on any atom is 0.159 e. The van der Waals surface area contributed by atoms with Crippen LogP contribution in [0.2, 0.25) is 0 Å². The molecule has 0 bridgehead atoms. The van der Waals surface area contributed by atoms with Crippen molar-refractivity contribution in [1.29, 1.82) is 5.26 Å². The highest BCUT2D eigenvalue weighted by molar-refractivity contribution is 5.67. The predicted octanol–water partition coefficient (Wildman–Crippen LogP) is 4.01. The maximum atomic E-state index is 13.2. The van der Waals surface area contributed by atoms with Gasteiger partial charge in [0.15, 0.2) is 11.6 Å². The summed E-state index contributed by atoms with van der Waals surface area (Å²) in [6.45, 7) is 1.89. The number of rotatable bonds is 2. The van der Waals surface area contributed by atoms with Crippen molar-refractivity contribution < 1.29 is 8.78 Å². The van der Waals surface area contributed by atoms with Crippen LogP contribution in [0.4, 0.5) is 8.78 Å². The van der Waals surface area contributed by atoms with Crippen LogP contribution in [-0.2, 0) is 6.42 Å². The number of benzene rings is 2. The first-order valence-corrected chi connectivity index (χ1v) is 5.53. The van der Waals surface area contributed by atoms with E-state index in [0.717, 1.165) is 22.8 Å². The molecule has 0 amide bonds. The summed E-state index contributed by atoms with van der Waals surface area (Å²) in [5.74, 6) is -1.70. The van der Waals surface area contributed by atoms with Gasteiger partial charge < -0.3 is 0 Å². The molecule has 0 spiro atoms. The van der Waals surface area contributed by atoms with Gasteiger partial charge in [0.1, 0.15) is 0 Å². The molecule has 0 aliphatic rings. The third kappa shape index (κ3) is 2.38. The van der Waals surface area contributed by atoms with Crippen molar-refractivity contribution in [2.45, 2.75) is 13.3 Å². The van der Waals surface area contributed by atoms with Crippen molar-refractivity contribution in [3.8, 4) is 17.2 Å². The summed E-state index contributed by atoms with van der Waals surface area (Å²) < 4.78 is 26.0. The number of aryl methyl sites for hydroxylation is 1. The van der Waals surface area contributed by atoms with Crippen molar-refractivity contribution in [2.75, 3.05) is 0 Å². The van der Waals surface area contributed by atoms with E-state index in [-0.39, 0.29) is 0 Å². The van der Waals surface area contributed by atoms with Crippen LogP contribution in [0.1, 0.15) is 11.1 Å². The highest BCUT2D eigenvalue weighted by atomic mass is 19.2. The average molecular weight is 243 g/mol. The second-order valence-corrected chi connectivity index (χ2v) is 4.11. The van der Waals surface area contributed by atoms with Crippen molar-refractivity contribution in [1.82, 2.24) is 0 Å². The number of halogens is 2. The zero-order chi connectivity index (χ0) is 13.1. The Hall–Kier alpha value is -2.21. The highest BCUT2D eigenvalue weighted by Crippen LogP contribution is 2.25. The minimum absolute atomic E-state index is 0.346. The van der Waals surface area contributed by atoms with E-state index >= 15 is 0 Å². The monoisotopic (exact) mass is 243 g/mol. The van der Waals surface area contributed by atoms with E-state index in [4.69, 9.17) is 5.26 Å². The first-order valence-electron chi connectivity index (χ1n) is 5.53. The number of nitrogens with zero attached hydrogens (tertiary/aromatic N) is 1. The lowest BCUT2D eigenvalue weighted by Gasteiger charge is -2.08. The zero-order valence-electron chi connectivity index (χ0n) is 9.87. The molecule has 0 atom stereocenters. The van der Waals surface area contributed by atoms with E-state index in [1.807, 2.05) is 25.1 Å². The van der Waals surface area contributed by atoms with Gasteiger partial charge in [-0.1, -0.05) is 24.3 Å². The van der Waals surface area contributed by atoms with Gasteiger partial charge in [0, 0.05) is 0 Å². The van der Waals surface area contributed by atoms with E-state index in [9.17, 15) is 8.78 Å². The molecule has 90 valence electrons. The summed E-state index contributed by atoms with van der Waals surface area (Å²) >= 11 is 0. The van der Waals surface area contributed by atoms with Gasteiger partial charge in [0.05, 0.1) is 12.5 Å².